The number of hydrogen-bond acceptors (Lipinski definition) is 6. The van der Waals surface area contributed by atoms with Gasteiger partial charge in [-0.25, -0.2) is 19.6 Å². The van der Waals surface area contributed by atoms with E-state index in [-0.39, 0.29) is 17.2 Å². The Labute approximate surface area is 221 Å². The fourth-order valence-corrected chi connectivity index (χ4v) is 4.58. The van der Waals surface area contributed by atoms with E-state index in [4.69, 9.17) is 0 Å². The van der Waals surface area contributed by atoms with Crippen LogP contribution in [0.2, 0.25) is 0 Å². The number of carbonyl (C=O) groups is 2. The second-order valence-electron chi connectivity index (χ2n) is 9.33. The summed E-state index contributed by atoms with van der Waals surface area (Å²) < 4.78 is 0. The molecule has 2 heterocycles. The van der Waals surface area contributed by atoms with Gasteiger partial charge in [0.25, 0.3) is 5.91 Å². The number of unbranched alkanes of at least 4 members (excludes halogenated alkanes) is 7. The fraction of sp³-hybridized carbons (Fsp3) is 0.345. The van der Waals surface area contributed by atoms with Gasteiger partial charge in [-0.15, -0.1) is 0 Å². The van der Waals surface area contributed by atoms with Crippen LogP contribution in [0.5, 0.6) is 0 Å². The smallest absolute Gasteiger partial charge is 0.346 e. The molecule has 0 unspecified atom stereocenters. The van der Waals surface area contributed by atoms with Crippen molar-refractivity contribution in [3.05, 3.63) is 82.4 Å². The van der Waals surface area contributed by atoms with Crippen molar-refractivity contribution in [2.45, 2.75) is 51.4 Å². The van der Waals surface area contributed by atoms with Crippen molar-refractivity contribution >= 4 is 34.8 Å². The predicted octanol–water partition coefficient (Wildman–Crippen LogP) is 5.17. The molecule has 0 saturated carbocycles. The number of H-pyrrole nitrogens is 1. The standard InChI is InChI=1S/C29H33N5O4/c35-27-26(32-22-13-11-12-21(20-22)28(36)37)23-14-7-8-15-24(23)34(27)19-10-6-4-2-1-3-5-9-17-30-25-16-18-31-29(38)33-25/h7-8,11-16,18,20H,1-6,9-10,17,19H2,(H,36,37)(H2,30,31,33,38). The molecule has 198 valence electrons. The summed E-state index contributed by atoms with van der Waals surface area (Å²) in [6.07, 6.45) is 10.3. The molecule has 3 aromatic rings. The van der Waals surface area contributed by atoms with Crippen LogP contribution in [0.1, 0.15) is 67.3 Å². The van der Waals surface area contributed by atoms with Gasteiger partial charge in [-0.05, 0) is 43.2 Å². The van der Waals surface area contributed by atoms with Crippen LogP contribution in [0, 0.1) is 0 Å². The first-order valence-corrected chi connectivity index (χ1v) is 13.2. The highest BCUT2D eigenvalue weighted by Gasteiger charge is 2.33. The number of aromatic carboxylic acids is 1. The summed E-state index contributed by atoms with van der Waals surface area (Å²) in [6, 6.07) is 15.7. The number of para-hydroxylation sites is 1. The highest BCUT2D eigenvalue weighted by Crippen LogP contribution is 2.31. The van der Waals surface area contributed by atoms with Gasteiger partial charge in [0.15, 0.2) is 0 Å². The molecule has 2 aromatic carbocycles. The number of amides is 1. The molecule has 0 atom stereocenters. The van der Waals surface area contributed by atoms with Crippen LogP contribution >= 0.6 is 0 Å². The highest BCUT2D eigenvalue weighted by atomic mass is 16.4. The van der Waals surface area contributed by atoms with Crippen LogP contribution in [-0.4, -0.2) is 45.8 Å². The molecule has 38 heavy (non-hydrogen) atoms. The van der Waals surface area contributed by atoms with E-state index in [0.717, 1.165) is 49.9 Å². The molecule has 9 heteroatoms. The Hall–Kier alpha value is -4.27. The third-order valence-electron chi connectivity index (χ3n) is 6.53. The molecule has 4 rings (SSSR count). The Morgan fingerprint density at radius 1 is 0.921 bits per heavy atom. The number of benzene rings is 2. The van der Waals surface area contributed by atoms with E-state index >= 15 is 0 Å². The van der Waals surface area contributed by atoms with Gasteiger partial charge in [0.05, 0.1) is 16.9 Å². The van der Waals surface area contributed by atoms with Crippen LogP contribution in [-0.2, 0) is 4.79 Å². The first kappa shape index (κ1) is 26.8. The van der Waals surface area contributed by atoms with Gasteiger partial charge in [0.1, 0.15) is 11.5 Å². The lowest BCUT2D eigenvalue weighted by Gasteiger charge is -2.16. The number of carbonyl (C=O) groups excluding carboxylic acids is 1. The van der Waals surface area contributed by atoms with E-state index in [1.807, 2.05) is 24.3 Å². The van der Waals surface area contributed by atoms with Crippen LogP contribution in [0.4, 0.5) is 17.2 Å². The van der Waals surface area contributed by atoms with Gasteiger partial charge < -0.3 is 15.3 Å². The van der Waals surface area contributed by atoms with E-state index < -0.39 is 5.97 Å². The van der Waals surface area contributed by atoms with Gasteiger partial charge in [0.2, 0.25) is 0 Å². The Bertz CT molecular complexity index is 1350. The zero-order valence-electron chi connectivity index (χ0n) is 21.4. The molecule has 0 bridgehead atoms. The Balaban J connectivity index is 1.18. The van der Waals surface area contributed by atoms with Crippen LogP contribution < -0.4 is 15.9 Å². The highest BCUT2D eigenvalue weighted by molar-refractivity contribution is 6.54. The maximum atomic E-state index is 13.2. The molecular formula is C29H33N5O4. The quantitative estimate of drug-likeness (QED) is 0.254. The van der Waals surface area contributed by atoms with Gasteiger partial charge in [-0.1, -0.05) is 62.8 Å². The molecule has 1 aliphatic rings. The summed E-state index contributed by atoms with van der Waals surface area (Å²) in [4.78, 5) is 48.3. The molecule has 1 aliphatic heterocycles. The van der Waals surface area contributed by atoms with E-state index in [1.165, 1.54) is 37.6 Å². The summed E-state index contributed by atoms with van der Waals surface area (Å²) in [5.41, 5.74) is 2.24. The largest absolute Gasteiger partial charge is 0.478 e. The van der Waals surface area contributed by atoms with Crippen molar-refractivity contribution < 1.29 is 14.7 Å². The monoisotopic (exact) mass is 515 g/mol. The topological polar surface area (TPSA) is 128 Å². The third-order valence-corrected chi connectivity index (χ3v) is 6.53. The lowest BCUT2D eigenvalue weighted by Crippen LogP contribution is -2.31. The van der Waals surface area contributed by atoms with Crippen LogP contribution in [0.3, 0.4) is 0 Å². The van der Waals surface area contributed by atoms with Crippen molar-refractivity contribution in [2.24, 2.45) is 4.99 Å². The van der Waals surface area contributed by atoms with Gasteiger partial charge in [-0.3, -0.25) is 9.78 Å². The van der Waals surface area contributed by atoms with E-state index in [2.05, 4.69) is 20.3 Å². The molecular weight excluding hydrogens is 482 g/mol. The molecule has 0 aliphatic carbocycles. The van der Waals surface area contributed by atoms with E-state index in [9.17, 15) is 19.5 Å². The minimum atomic E-state index is -1.02. The third kappa shape index (κ3) is 7.15. The zero-order valence-corrected chi connectivity index (χ0v) is 21.4. The van der Waals surface area contributed by atoms with Gasteiger partial charge in [-0.2, -0.15) is 0 Å². The van der Waals surface area contributed by atoms with Crippen molar-refractivity contribution in [3.8, 4) is 0 Å². The van der Waals surface area contributed by atoms with Crippen molar-refractivity contribution in [2.75, 3.05) is 23.3 Å². The zero-order chi connectivity index (χ0) is 26.7. The molecule has 9 nitrogen and oxygen atoms in total. The Kier molecular flexibility index (Phi) is 9.39. The maximum absolute atomic E-state index is 13.2. The summed E-state index contributed by atoms with van der Waals surface area (Å²) in [5.74, 6) is -0.463. The lowest BCUT2D eigenvalue weighted by atomic mass is 10.1. The average Bonchev–Trinajstić information content (AvgIpc) is 3.18. The van der Waals surface area contributed by atoms with Gasteiger partial charge >= 0.3 is 11.7 Å². The Morgan fingerprint density at radius 2 is 1.66 bits per heavy atom. The fourth-order valence-electron chi connectivity index (χ4n) is 4.58. The number of carboxylic acids is 1. The second-order valence-corrected chi connectivity index (χ2v) is 9.33. The summed E-state index contributed by atoms with van der Waals surface area (Å²) in [5, 5.41) is 12.5. The number of nitrogens with zero attached hydrogens (tertiary/aromatic N) is 3. The first-order valence-electron chi connectivity index (χ1n) is 13.2. The van der Waals surface area contributed by atoms with Crippen molar-refractivity contribution in [3.63, 3.8) is 0 Å². The molecule has 3 N–H and O–H groups in total. The number of fused-ring (bicyclic) bond motifs is 1. The molecule has 0 fully saturated rings. The number of hydrogen-bond donors (Lipinski definition) is 3. The van der Waals surface area contributed by atoms with Crippen molar-refractivity contribution in [1.29, 1.82) is 0 Å². The normalized spacial score (nSPS) is 13.6. The first-order chi connectivity index (χ1) is 18.5. The maximum Gasteiger partial charge on any atom is 0.346 e. The number of aromatic amines is 1. The lowest BCUT2D eigenvalue weighted by molar-refractivity contribution is -0.112. The molecule has 0 saturated heterocycles. The second kappa shape index (κ2) is 13.3. The average molecular weight is 516 g/mol. The van der Waals surface area contributed by atoms with Crippen molar-refractivity contribution in [1.82, 2.24) is 9.97 Å². The van der Waals surface area contributed by atoms with E-state index in [1.54, 1.807) is 23.1 Å². The summed E-state index contributed by atoms with van der Waals surface area (Å²) in [7, 11) is 0. The minimum absolute atomic E-state index is 0.140. The number of nitrogens with one attached hydrogen (secondary N) is 2. The van der Waals surface area contributed by atoms with Crippen LogP contribution in [0.25, 0.3) is 0 Å². The molecule has 0 spiro atoms. The molecule has 0 radical (unpaired) electrons. The number of aromatic nitrogens is 2. The SMILES string of the molecule is O=C(O)c1cccc(N=C2C(=O)N(CCCCCCCCCCNc3ccnc(=O)[nH]3)c3ccccc32)c1. The number of aliphatic imine (C=N–C) groups is 1. The van der Waals surface area contributed by atoms with Crippen LogP contribution in [0.15, 0.2) is 70.6 Å². The predicted molar refractivity (Wildman–Crippen MR) is 149 cm³/mol. The Morgan fingerprint density at radius 3 is 2.42 bits per heavy atom. The molecule has 1 amide bonds. The number of anilines is 2. The van der Waals surface area contributed by atoms with E-state index in [0.29, 0.717) is 23.8 Å². The summed E-state index contributed by atoms with van der Waals surface area (Å²) in [6.45, 7) is 1.45. The molecule has 1 aromatic heterocycles. The number of carboxylic acid groups (broad SMARTS) is 1. The minimum Gasteiger partial charge on any atom is -0.478 e. The summed E-state index contributed by atoms with van der Waals surface area (Å²) >= 11 is 0. The van der Waals surface area contributed by atoms with Gasteiger partial charge in [0, 0.05) is 24.8 Å². The number of rotatable bonds is 14.